The standard InChI is InChI=1S/C16H17N3O2S2/c1-2-12-11-6-9-23-14(11)5-7-18(12)10-19-16(22)21-15(17-19)13-4-3-8-20-13/h3-4,6,8-9,12H,2,5,7,10H2,1H3/t12-/m1/s1. The molecular weight excluding hydrogens is 330 g/mol. The SMILES string of the molecule is CC[C@@H]1c2ccsc2CCN1Cn1nc(-c2ccco2)oc1=S. The highest BCUT2D eigenvalue weighted by atomic mass is 32.1. The Morgan fingerprint density at radius 3 is 3.13 bits per heavy atom. The predicted molar refractivity (Wildman–Crippen MR) is 90.8 cm³/mol. The first-order chi connectivity index (χ1) is 11.3. The first-order valence-electron chi connectivity index (χ1n) is 7.68. The minimum absolute atomic E-state index is 0.377. The summed E-state index contributed by atoms with van der Waals surface area (Å²) < 4.78 is 12.6. The third-order valence-electron chi connectivity index (χ3n) is 4.25. The Kier molecular flexibility index (Phi) is 3.92. The number of hydrogen-bond acceptors (Lipinski definition) is 6. The van der Waals surface area contributed by atoms with Crippen molar-refractivity contribution in [2.75, 3.05) is 6.54 Å². The topological polar surface area (TPSA) is 47.3 Å². The first kappa shape index (κ1) is 14.9. The normalized spacial score (nSPS) is 18.2. The fourth-order valence-electron chi connectivity index (χ4n) is 3.16. The lowest BCUT2D eigenvalue weighted by Crippen LogP contribution is -2.36. The van der Waals surface area contributed by atoms with E-state index in [0.717, 1.165) is 19.4 Å². The minimum atomic E-state index is 0.377. The number of furan rings is 1. The summed E-state index contributed by atoms with van der Waals surface area (Å²) in [5, 5.41) is 6.66. The zero-order valence-corrected chi connectivity index (χ0v) is 14.4. The summed E-state index contributed by atoms with van der Waals surface area (Å²) in [7, 11) is 0. The molecule has 0 amide bonds. The van der Waals surface area contributed by atoms with Crippen LogP contribution in [0.3, 0.4) is 0 Å². The molecule has 0 unspecified atom stereocenters. The summed E-state index contributed by atoms with van der Waals surface area (Å²) in [5.41, 5.74) is 1.45. The smallest absolute Gasteiger partial charge is 0.288 e. The van der Waals surface area contributed by atoms with Gasteiger partial charge in [-0.3, -0.25) is 4.90 Å². The molecule has 0 N–H and O–H groups in total. The van der Waals surface area contributed by atoms with Crippen molar-refractivity contribution in [2.45, 2.75) is 32.5 Å². The maximum absolute atomic E-state index is 5.57. The van der Waals surface area contributed by atoms with E-state index in [-0.39, 0.29) is 0 Å². The Morgan fingerprint density at radius 2 is 2.35 bits per heavy atom. The maximum Gasteiger partial charge on any atom is 0.288 e. The van der Waals surface area contributed by atoms with Crippen LogP contribution < -0.4 is 0 Å². The van der Waals surface area contributed by atoms with Crippen molar-refractivity contribution in [1.29, 1.82) is 0 Å². The Balaban J connectivity index is 1.60. The van der Waals surface area contributed by atoms with Crippen molar-refractivity contribution in [2.24, 2.45) is 0 Å². The molecule has 23 heavy (non-hydrogen) atoms. The van der Waals surface area contributed by atoms with Crippen molar-refractivity contribution in [3.63, 3.8) is 0 Å². The molecule has 1 aliphatic rings. The average Bonchev–Trinajstić information content (AvgIpc) is 3.27. The lowest BCUT2D eigenvalue weighted by Gasteiger charge is -2.34. The largest absolute Gasteiger partial charge is 0.459 e. The zero-order chi connectivity index (χ0) is 15.8. The molecule has 0 saturated carbocycles. The van der Waals surface area contributed by atoms with Crippen LogP contribution in [0.2, 0.25) is 0 Å². The van der Waals surface area contributed by atoms with Gasteiger partial charge in [0, 0.05) is 17.5 Å². The second-order valence-corrected chi connectivity index (χ2v) is 6.93. The van der Waals surface area contributed by atoms with E-state index in [2.05, 4.69) is 28.4 Å². The van der Waals surface area contributed by atoms with E-state index in [4.69, 9.17) is 21.1 Å². The molecule has 5 nitrogen and oxygen atoms in total. The Labute approximate surface area is 143 Å². The van der Waals surface area contributed by atoms with Crippen LogP contribution >= 0.6 is 23.6 Å². The lowest BCUT2D eigenvalue weighted by molar-refractivity contribution is 0.128. The summed E-state index contributed by atoms with van der Waals surface area (Å²) in [6.07, 6.45) is 3.75. The van der Waals surface area contributed by atoms with E-state index in [1.165, 1.54) is 10.4 Å². The highest BCUT2D eigenvalue weighted by Crippen LogP contribution is 2.35. The van der Waals surface area contributed by atoms with E-state index in [9.17, 15) is 0 Å². The van der Waals surface area contributed by atoms with Crippen molar-refractivity contribution in [3.05, 3.63) is 45.1 Å². The summed E-state index contributed by atoms with van der Waals surface area (Å²) in [4.78, 5) is 4.30. The molecule has 1 atom stereocenters. The minimum Gasteiger partial charge on any atom is -0.459 e. The van der Waals surface area contributed by atoms with Gasteiger partial charge in [-0.2, -0.15) is 0 Å². The second-order valence-electron chi connectivity index (χ2n) is 5.58. The molecule has 7 heteroatoms. The number of aromatic nitrogens is 2. The predicted octanol–water partition coefficient (Wildman–Crippen LogP) is 4.49. The Bertz CT molecular complexity index is 847. The van der Waals surface area contributed by atoms with Crippen molar-refractivity contribution < 1.29 is 8.83 Å². The molecule has 3 aromatic rings. The van der Waals surface area contributed by atoms with Crippen molar-refractivity contribution >= 4 is 23.6 Å². The monoisotopic (exact) mass is 347 g/mol. The number of fused-ring (bicyclic) bond motifs is 1. The summed E-state index contributed by atoms with van der Waals surface area (Å²) in [6.45, 7) is 3.87. The van der Waals surface area contributed by atoms with Crippen LogP contribution in [0.5, 0.6) is 0 Å². The van der Waals surface area contributed by atoms with Gasteiger partial charge in [0.15, 0.2) is 5.76 Å². The van der Waals surface area contributed by atoms with E-state index < -0.39 is 0 Å². The molecule has 4 rings (SSSR count). The number of rotatable bonds is 4. The molecule has 1 aliphatic heterocycles. The van der Waals surface area contributed by atoms with Crippen molar-refractivity contribution in [1.82, 2.24) is 14.7 Å². The van der Waals surface area contributed by atoms with Gasteiger partial charge in [0.05, 0.1) is 12.9 Å². The van der Waals surface area contributed by atoms with Crippen LogP contribution in [0, 0.1) is 4.84 Å². The van der Waals surface area contributed by atoms with Crippen LogP contribution in [0.4, 0.5) is 0 Å². The van der Waals surface area contributed by atoms with E-state index in [1.54, 1.807) is 10.9 Å². The van der Waals surface area contributed by atoms with Crippen LogP contribution in [0.15, 0.2) is 38.7 Å². The molecule has 0 fully saturated rings. The van der Waals surface area contributed by atoms with Gasteiger partial charge in [-0.15, -0.1) is 16.4 Å². The number of hydrogen-bond donors (Lipinski definition) is 0. The first-order valence-corrected chi connectivity index (χ1v) is 8.97. The molecule has 0 saturated heterocycles. The number of nitrogens with zero attached hydrogens (tertiary/aromatic N) is 3. The van der Waals surface area contributed by atoms with Crippen LogP contribution in [0.1, 0.15) is 29.8 Å². The van der Waals surface area contributed by atoms with Gasteiger partial charge in [0.25, 0.3) is 10.7 Å². The molecule has 120 valence electrons. The van der Waals surface area contributed by atoms with Gasteiger partial charge >= 0.3 is 0 Å². The quantitative estimate of drug-likeness (QED) is 0.651. The highest BCUT2D eigenvalue weighted by Gasteiger charge is 2.27. The molecule has 4 heterocycles. The maximum atomic E-state index is 5.57. The van der Waals surface area contributed by atoms with Crippen LogP contribution in [-0.2, 0) is 13.1 Å². The van der Waals surface area contributed by atoms with Gasteiger partial charge in [-0.25, -0.2) is 4.68 Å². The number of thiophene rings is 1. The zero-order valence-electron chi connectivity index (χ0n) is 12.8. The lowest BCUT2D eigenvalue weighted by atomic mass is 9.98. The molecule has 3 aromatic heterocycles. The molecule has 0 aromatic carbocycles. The molecular formula is C16H17N3O2S2. The van der Waals surface area contributed by atoms with Gasteiger partial charge in [-0.05, 0) is 54.2 Å². The fraction of sp³-hybridized carbons (Fsp3) is 0.375. The third-order valence-corrected chi connectivity index (χ3v) is 5.54. The average molecular weight is 347 g/mol. The van der Waals surface area contributed by atoms with E-state index in [0.29, 0.717) is 29.2 Å². The van der Waals surface area contributed by atoms with Crippen LogP contribution in [-0.4, -0.2) is 21.2 Å². The second kappa shape index (κ2) is 6.07. The summed E-state index contributed by atoms with van der Waals surface area (Å²) in [5.74, 6) is 1.03. The van der Waals surface area contributed by atoms with E-state index in [1.807, 2.05) is 23.5 Å². The summed E-state index contributed by atoms with van der Waals surface area (Å²) in [6, 6.07) is 6.29. The third kappa shape index (κ3) is 2.69. The Hall–Kier alpha value is -1.70. The molecule has 0 bridgehead atoms. The highest BCUT2D eigenvalue weighted by molar-refractivity contribution is 7.71. The fourth-order valence-corrected chi connectivity index (χ4v) is 4.27. The molecule has 0 spiro atoms. The van der Waals surface area contributed by atoms with Gasteiger partial charge in [-0.1, -0.05) is 6.92 Å². The molecule has 0 aliphatic carbocycles. The summed E-state index contributed by atoms with van der Waals surface area (Å²) >= 11 is 7.18. The molecule has 0 radical (unpaired) electrons. The van der Waals surface area contributed by atoms with Gasteiger partial charge in [0.1, 0.15) is 0 Å². The van der Waals surface area contributed by atoms with Gasteiger partial charge in [0.2, 0.25) is 0 Å². The Morgan fingerprint density at radius 1 is 1.43 bits per heavy atom. The van der Waals surface area contributed by atoms with Crippen molar-refractivity contribution in [3.8, 4) is 11.7 Å². The van der Waals surface area contributed by atoms with Crippen LogP contribution in [0.25, 0.3) is 11.7 Å². The van der Waals surface area contributed by atoms with E-state index >= 15 is 0 Å². The van der Waals surface area contributed by atoms with Gasteiger partial charge < -0.3 is 8.83 Å².